The van der Waals surface area contributed by atoms with E-state index in [4.69, 9.17) is 18.9 Å². The lowest BCUT2D eigenvalue weighted by Crippen LogP contribution is -2.40. The Morgan fingerprint density at radius 2 is 1.82 bits per heavy atom. The van der Waals surface area contributed by atoms with Crippen molar-refractivity contribution in [1.82, 2.24) is 5.32 Å². The lowest BCUT2D eigenvalue weighted by Gasteiger charge is -2.21. The molecule has 0 spiro atoms. The summed E-state index contributed by atoms with van der Waals surface area (Å²) in [5.74, 6) is 1.22. The number of hydrogen-bond donors (Lipinski definition) is 1. The highest BCUT2D eigenvalue weighted by Gasteiger charge is 2.25. The third-order valence-corrected chi connectivity index (χ3v) is 3.83. The first kappa shape index (κ1) is 16.4. The van der Waals surface area contributed by atoms with Crippen LogP contribution < -0.4 is 19.5 Å². The van der Waals surface area contributed by atoms with Gasteiger partial charge in [-0.3, -0.25) is 4.79 Å². The highest BCUT2D eigenvalue weighted by molar-refractivity contribution is 5.98. The minimum atomic E-state index is -0.221. The molecule has 1 aromatic rings. The van der Waals surface area contributed by atoms with Crippen LogP contribution in [0.3, 0.4) is 0 Å². The van der Waals surface area contributed by atoms with Crippen LogP contribution in [0.4, 0.5) is 0 Å². The average molecular weight is 309 g/mol. The third kappa shape index (κ3) is 3.44. The first-order valence-corrected chi connectivity index (χ1v) is 7.33. The van der Waals surface area contributed by atoms with Crippen LogP contribution in [0.15, 0.2) is 12.1 Å². The molecular weight excluding hydrogens is 286 g/mol. The Kier molecular flexibility index (Phi) is 5.49. The zero-order valence-corrected chi connectivity index (χ0v) is 13.5. The molecule has 1 N–H and O–H groups in total. The zero-order chi connectivity index (χ0) is 16.1. The fourth-order valence-electron chi connectivity index (χ4n) is 2.58. The van der Waals surface area contributed by atoms with E-state index in [1.807, 2.05) is 6.92 Å². The molecule has 2 atom stereocenters. The van der Waals surface area contributed by atoms with Crippen molar-refractivity contribution < 1.29 is 23.7 Å². The first-order chi connectivity index (χ1) is 10.6. The molecule has 0 bridgehead atoms. The fourth-order valence-corrected chi connectivity index (χ4v) is 2.58. The molecule has 0 aliphatic carbocycles. The van der Waals surface area contributed by atoms with E-state index in [1.54, 1.807) is 12.1 Å². The number of amides is 1. The van der Waals surface area contributed by atoms with Gasteiger partial charge in [0.1, 0.15) is 5.75 Å². The molecule has 1 aromatic carbocycles. The van der Waals surface area contributed by atoms with E-state index in [2.05, 4.69) is 5.32 Å². The molecule has 1 fully saturated rings. The number of benzene rings is 1. The van der Waals surface area contributed by atoms with Crippen molar-refractivity contribution in [2.24, 2.45) is 0 Å². The summed E-state index contributed by atoms with van der Waals surface area (Å²) in [7, 11) is 4.58. The normalized spacial score (nSPS) is 18.6. The molecule has 2 rings (SSSR count). The third-order valence-electron chi connectivity index (χ3n) is 3.83. The number of hydrogen-bond acceptors (Lipinski definition) is 5. The van der Waals surface area contributed by atoms with Crippen LogP contribution in [-0.4, -0.2) is 46.0 Å². The zero-order valence-electron chi connectivity index (χ0n) is 13.5. The van der Waals surface area contributed by atoms with E-state index in [-0.39, 0.29) is 18.1 Å². The lowest BCUT2D eigenvalue weighted by molar-refractivity contribution is 0.0710. The second-order valence-corrected chi connectivity index (χ2v) is 5.22. The van der Waals surface area contributed by atoms with E-state index in [1.165, 1.54) is 21.3 Å². The Hall–Kier alpha value is -1.95. The van der Waals surface area contributed by atoms with E-state index < -0.39 is 0 Å². The summed E-state index contributed by atoms with van der Waals surface area (Å²) in [6, 6.07) is 3.20. The maximum absolute atomic E-state index is 12.5. The SMILES string of the molecule is COc1cc(OC)c(C(=O)N[C@H](C)[C@@H]2CCCO2)cc1OC. The average Bonchev–Trinajstić information content (AvgIpc) is 3.07. The van der Waals surface area contributed by atoms with Crippen molar-refractivity contribution in [3.8, 4) is 17.2 Å². The van der Waals surface area contributed by atoms with Crippen LogP contribution in [0.25, 0.3) is 0 Å². The first-order valence-electron chi connectivity index (χ1n) is 7.33. The van der Waals surface area contributed by atoms with Crippen LogP contribution in [0.1, 0.15) is 30.1 Å². The Morgan fingerprint density at radius 3 is 2.36 bits per heavy atom. The molecule has 0 unspecified atom stereocenters. The Bertz CT molecular complexity index is 526. The largest absolute Gasteiger partial charge is 0.496 e. The Labute approximate surface area is 130 Å². The van der Waals surface area contributed by atoms with Gasteiger partial charge in [0.15, 0.2) is 11.5 Å². The van der Waals surface area contributed by atoms with Crippen LogP contribution in [0.2, 0.25) is 0 Å². The van der Waals surface area contributed by atoms with Crippen LogP contribution in [0, 0.1) is 0 Å². The summed E-state index contributed by atoms with van der Waals surface area (Å²) >= 11 is 0. The van der Waals surface area contributed by atoms with Gasteiger partial charge in [0.05, 0.1) is 39.0 Å². The van der Waals surface area contributed by atoms with Crippen molar-refractivity contribution in [2.45, 2.75) is 31.9 Å². The summed E-state index contributed by atoms with van der Waals surface area (Å²) in [5.41, 5.74) is 0.407. The molecular formula is C16H23NO5. The van der Waals surface area contributed by atoms with Crippen molar-refractivity contribution >= 4 is 5.91 Å². The second kappa shape index (κ2) is 7.35. The van der Waals surface area contributed by atoms with Crippen molar-refractivity contribution in [3.05, 3.63) is 17.7 Å². The molecule has 0 saturated carbocycles. The highest BCUT2D eigenvalue weighted by Crippen LogP contribution is 2.34. The summed E-state index contributed by atoms with van der Waals surface area (Å²) in [6.07, 6.45) is 2.06. The van der Waals surface area contributed by atoms with Gasteiger partial charge in [-0.15, -0.1) is 0 Å². The summed E-state index contributed by atoms with van der Waals surface area (Å²) in [4.78, 5) is 12.5. The summed E-state index contributed by atoms with van der Waals surface area (Å²) in [5, 5.41) is 2.96. The molecule has 0 radical (unpaired) electrons. The topological polar surface area (TPSA) is 66.0 Å². The molecule has 122 valence electrons. The number of carbonyl (C=O) groups is 1. The van der Waals surface area contributed by atoms with Gasteiger partial charge in [-0.1, -0.05) is 0 Å². The van der Waals surface area contributed by atoms with Gasteiger partial charge < -0.3 is 24.3 Å². The standard InChI is InChI=1S/C16H23NO5/c1-10(12-6-5-7-22-12)17-16(18)11-8-14(20-3)15(21-4)9-13(11)19-2/h8-10,12H,5-7H2,1-4H3,(H,17,18)/t10-,12+/m1/s1. The molecule has 6 heteroatoms. The number of nitrogens with one attached hydrogen (secondary N) is 1. The van der Waals surface area contributed by atoms with E-state index >= 15 is 0 Å². The van der Waals surface area contributed by atoms with E-state index in [0.29, 0.717) is 22.8 Å². The van der Waals surface area contributed by atoms with Crippen LogP contribution in [0.5, 0.6) is 17.2 Å². The maximum atomic E-state index is 12.5. The van der Waals surface area contributed by atoms with Gasteiger partial charge in [0, 0.05) is 18.7 Å². The summed E-state index contributed by atoms with van der Waals surface area (Å²) in [6.45, 7) is 2.70. The van der Waals surface area contributed by atoms with Crippen LogP contribution in [-0.2, 0) is 4.74 Å². The number of rotatable bonds is 6. The maximum Gasteiger partial charge on any atom is 0.255 e. The quantitative estimate of drug-likeness (QED) is 0.871. The van der Waals surface area contributed by atoms with E-state index in [9.17, 15) is 4.79 Å². The van der Waals surface area contributed by atoms with Gasteiger partial charge in [0.2, 0.25) is 0 Å². The number of ether oxygens (including phenoxy) is 4. The van der Waals surface area contributed by atoms with Crippen LogP contribution >= 0.6 is 0 Å². The number of methoxy groups -OCH3 is 3. The van der Waals surface area contributed by atoms with Crippen molar-refractivity contribution in [2.75, 3.05) is 27.9 Å². The van der Waals surface area contributed by atoms with Gasteiger partial charge in [-0.05, 0) is 19.8 Å². The summed E-state index contributed by atoms with van der Waals surface area (Å²) < 4.78 is 21.4. The fraction of sp³-hybridized carbons (Fsp3) is 0.562. The van der Waals surface area contributed by atoms with E-state index in [0.717, 1.165) is 19.4 Å². The van der Waals surface area contributed by atoms with Gasteiger partial charge >= 0.3 is 0 Å². The minimum Gasteiger partial charge on any atom is -0.496 e. The molecule has 1 saturated heterocycles. The second-order valence-electron chi connectivity index (χ2n) is 5.22. The molecule has 1 aliphatic heterocycles. The van der Waals surface area contributed by atoms with Crippen molar-refractivity contribution in [1.29, 1.82) is 0 Å². The number of carbonyl (C=O) groups excluding carboxylic acids is 1. The minimum absolute atomic E-state index is 0.0622. The van der Waals surface area contributed by atoms with Crippen molar-refractivity contribution in [3.63, 3.8) is 0 Å². The molecule has 1 aliphatic rings. The molecule has 1 amide bonds. The Balaban J connectivity index is 2.20. The lowest BCUT2D eigenvalue weighted by atomic mass is 10.1. The van der Waals surface area contributed by atoms with Gasteiger partial charge in [-0.2, -0.15) is 0 Å². The highest BCUT2D eigenvalue weighted by atomic mass is 16.5. The Morgan fingerprint density at radius 1 is 1.18 bits per heavy atom. The smallest absolute Gasteiger partial charge is 0.255 e. The molecule has 22 heavy (non-hydrogen) atoms. The molecule has 1 heterocycles. The van der Waals surface area contributed by atoms with Gasteiger partial charge in [0.25, 0.3) is 5.91 Å². The predicted molar refractivity (Wildman–Crippen MR) is 82.0 cm³/mol. The predicted octanol–water partition coefficient (Wildman–Crippen LogP) is 2.01. The molecule has 0 aromatic heterocycles. The van der Waals surface area contributed by atoms with Gasteiger partial charge in [-0.25, -0.2) is 0 Å². The molecule has 6 nitrogen and oxygen atoms in total. The monoisotopic (exact) mass is 309 g/mol.